The smallest absolute Gasteiger partial charge is 0.289 e. The highest BCUT2D eigenvalue weighted by Gasteiger charge is 2.11. The van der Waals surface area contributed by atoms with Gasteiger partial charge < -0.3 is 9.47 Å². The number of nitrogens with zero attached hydrogens (tertiary/aromatic N) is 2. The second-order valence-corrected chi connectivity index (χ2v) is 5.57. The summed E-state index contributed by atoms with van der Waals surface area (Å²) in [5.41, 5.74) is 5.05. The standard InChI is InChI=1S/C20H20N4O3/c1-3-27-16-9-6-8-14(11-16)17-12-18(23-22-17)20(25)24-21-13-15-7-4-5-10-19(15)26-2/h4-13H,3H2,1-2H3,(H,22,23)(H,24,25). The molecule has 0 saturated heterocycles. The van der Waals surface area contributed by atoms with Crippen molar-refractivity contribution in [3.8, 4) is 22.8 Å². The number of hydrogen-bond donors (Lipinski definition) is 2. The topological polar surface area (TPSA) is 88.6 Å². The maximum absolute atomic E-state index is 12.3. The summed E-state index contributed by atoms with van der Waals surface area (Å²) in [7, 11) is 1.58. The highest BCUT2D eigenvalue weighted by Crippen LogP contribution is 2.22. The van der Waals surface area contributed by atoms with Crippen LogP contribution in [0.2, 0.25) is 0 Å². The molecule has 0 fully saturated rings. The number of ether oxygens (including phenoxy) is 2. The molecule has 0 aliphatic rings. The van der Waals surface area contributed by atoms with Gasteiger partial charge in [0.15, 0.2) is 0 Å². The number of rotatable bonds is 7. The van der Waals surface area contributed by atoms with Gasteiger partial charge in [-0.25, -0.2) is 5.43 Å². The summed E-state index contributed by atoms with van der Waals surface area (Å²) in [4.78, 5) is 12.3. The SMILES string of the molecule is CCOc1cccc(-c2cc(C(=O)NN=Cc3ccccc3OC)[nH]n2)c1. The summed E-state index contributed by atoms with van der Waals surface area (Å²) in [6.45, 7) is 2.51. The summed E-state index contributed by atoms with van der Waals surface area (Å²) >= 11 is 0. The Bertz CT molecular complexity index is 950. The number of para-hydroxylation sites is 1. The Morgan fingerprint density at radius 3 is 2.89 bits per heavy atom. The van der Waals surface area contributed by atoms with Crippen LogP contribution >= 0.6 is 0 Å². The lowest BCUT2D eigenvalue weighted by atomic mass is 10.1. The maximum atomic E-state index is 12.3. The quantitative estimate of drug-likeness (QED) is 0.497. The molecule has 138 valence electrons. The summed E-state index contributed by atoms with van der Waals surface area (Å²) in [5.74, 6) is 1.04. The average Bonchev–Trinajstić information content (AvgIpc) is 3.19. The fraction of sp³-hybridized carbons (Fsp3) is 0.150. The molecular weight excluding hydrogens is 344 g/mol. The second-order valence-electron chi connectivity index (χ2n) is 5.57. The van der Waals surface area contributed by atoms with Gasteiger partial charge in [-0.3, -0.25) is 9.89 Å². The van der Waals surface area contributed by atoms with E-state index < -0.39 is 0 Å². The molecule has 0 atom stereocenters. The highest BCUT2D eigenvalue weighted by molar-refractivity contribution is 5.94. The number of benzene rings is 2. The van der Waals surface area contributed by atoms with Gasteiger partial charge in [0.2, 0.25) is 0 Å². The Labute approximate surface area is 157 Å². The largest absolute Gasteiger partial charge is 0.496 e. The first kappa shape index (κ1) is 18.2. The summed E-state index contributed by atoms with van der Waals surface area (Å²) < 4.78 is 10.7. The van der Waals surface area contributed by atoms with Gasteiger partial charge in [0.1, 0.15) is 17.2 Å². The van der Waals surface area contributed by atoms with Crippen molar-refractivity contribution in [3.63, 3.8) is 0 Å². The zero-order valence-corrected chi connectivity index (χ0v) is 15.1. The minimum Gasteiger partial charge on any atom is -0.496 e. The molecule has 0 unspecified atom stereocenters. The lowest BCUT2D eigenvalue weighted by molar-refractivity contribution is 0.0950. The minimum absolute atomic E-state index is 0.309. The van der Waals surface area contributed by atoms with Gasteiger partial charge in [-0.2, -0.15) is 10.2 Å². The molecule has 1 heterocycles. The molecule has 2 N–H and O–H groups in total. The number of methoxy groups -OCH3 is 1. The van der Waals surface area contributed by atoms with Crippen molar-refractivity contribution in [1.82, 2.24) is 15.6 Å². The van der Waals surface area contributed by atoms with Crippen LogP contribution in [0.4, 0.5) is 0 Å². The van der Waals surface area contributed by atoms with Crippen LogP contribution in [0.25, 0.3) is 11.3 Å². The minimum atomic E-state index is -0.388. The molecule has 0 radical (unpaired) electrons. The van der Waals surface area contributed by atoms with Crippen molar-refractivity contribution in [2.24, 2.45) is 5.10 Å². The van der Waals surface area contributed by atoms with Gasteiger partial charge in [0.05, 0.1) is 25.6 Å². The molecule has 2 aromatic carbocycles. The summed E-state index contributed by atoms with van der Waals surface area (Å²) in [6, 6.07) is 16.6. The van der Waals surface area contributed by atoms with Crippen molar-refractivity contribution < 1.29 is 14.3 Å². The molecule has 7 nitrogen and oxygen atoms in total. The first-order valence-electron chi connectivity index (χ1n) is 8.46. The number of H-pyrrole nitrogens is 1. The third-order valence-electron chi connectivity index (χ3n) is 3.77. The van der Waals surface area contributed by atoms with Crippen LogP contribution in [0.1, 0.15) is 23.0 Å². The third-order valence-corrected chi connectivity index (χ3v) is 3.77. The van der Waals surface area contributed by atoms with Gasteiger partial charge in [0.25, 0.3) is 5.91 Å². The molecule has 0 aliphatic heterocycles. The molecule has 1 amide bonds. The van der Waals surface area contributed by atoms with E-state index in [2.05, 4.69) is 20.7 Å². The Hall–Kier alpha value is -3.61. The average molecular weight is 364 g/mol. The van der Waals surface area contributed by atoms with Gasteiger partial charge in [-0.05, 0) is 37.3 Å². The lowest BCUT2D eigenvalue weighted by Crippen LogP contribution is -2.18. The number of amides is 1. The summed E-state index contributed by atoms with van der Waals surface area (Å²) in [6.07, 6.45) is 1.53. The van der Waals surface area contributed by atoms with Crippen molar-refractivity contribution in [1.29, 1.82) is 0 Å². The Balaban J connectivity index is 1.68. The maximum Gasteiger partial charge on any atom is 0.289 e. The van der Waals surface area contributed by atoms with E-state index in [1.54, 1.807) is 13.2 Å². The van der Waals surface area contributed by atoms with E-state index in [0.717, 1.165) is 16.9 Å². The fourth-order valence-corrected chi connectivity index (χ4v) is 2.49. The van der Waals surface area contributed by atoms with Crippen molar-refractivity contribution in [2.45, 2.75) is 6.92 Å². The van der Waals surface area contributed by atoms with Gasteiger partial charge in [0, 0.05) is 11.1 Å². The molecule has 7 heteroatoms. The van der Waals surface area contributed by atoms with Gasteiger partial charge >= 0.3 is 0 Å². The van der Waals surface area contributed by atoms with E-state index in [0.29, 0.717) is 23.7 Å². The number of nitrogens with one attached hydrogen (secondary N) is 2. The van der Waals surface area contributed by atoms with E-state index in [-0.39, 0.29) is 5.91 Å². The fourth-order valence-electron chi connectivity index (χ4n) is 2.49. The first-order chi connectivity index (χ1) is 13.2. The monoisotopic (exact) mass is 364 g/mol. The van der Waals surface area contributed by atoms with E-state index in [1.807, 2.05) is 55.5 Å². The van der Waals surface area contributed by atoms with Gasteiger partial charge in [-0.15, -0.1) is 0 Å². The molecular formula is C20H20N4O3. The number of hydrazone groups is 1. The number of aromatic amines is 1. The Morgan fingerprint density at radius 2 is 2.07 bits per heavy atom. The highest BCUT2D eigenvalue weighted by atomic mass is 16.5. The number of carbonyl (C=O) groups is 1. The van der Waals surface area contributed by atoms with Crippen LogP contribution < -0.4 is 14.9 Å². The first-order valence-corrected chi connectivity index (χ1v) is 8.46. The predicted octanol–water partition coefficient (Wildman–Crippen LogP) is 3.25. The molecule has 0 bridgehead atoms. The van der Waals surface area contributed by atoms with E-state index >= 15 is 0 Å². The molecule has 3 aromatic rings. The van der Waals surface area contributed by atoms with Crippen molar-refractivity contribution in [2.75, 3.05) is 13.7 Å². The normalized spacial score (nSPS) is 10.7. The Kier molecular flexibility index (Phi) is 5.84. The van der Waals surface area contributed by atoms with E-state index in [9.17, 15) is 4.79 Å². The molecule has 0 saturated carbocycles. The third kappa shape index (κ3) is 4.52. The van der Waals surface area contributed by atoms with Crippen LogP contribution in [0.5, 0.6) is 11.5 Å². The molecule has 0 aliphatic carbocycles. The van der Waals surface area contributed by atoms with E-state index in [4.69, 9.17) is 9.47 Å². The van der Waals surface area contributed by atoms with Crippen LogP contribution in [0.3, 0.4) is 0 Å². The van der Waals surface area contributed by atoms with Crippen LogP contribution in [0.15, 0.2) is 59.7 Å². The number of carbonyl (C=O) groups excluding carboxylic acids is 1. The second kappa shape index (κ2) is 8.66. The summed E-state index contributed by atoms with van der Waals surface area (Å²) in [5, 5.41) is 10.9. The van der Waals surface area contributed by atoms with Crippen molar-refractivity contribution in [3.05, 3.63) is 65.9 Å². The number of hydrogen-bond acceptors (Lipinski definition) is 5. The number of aromatic nitrogens is 2. The van der Waals surface area contributed by atoms with E-state index in [1.165, 1.54) is 6.21 Å². The van der Waals surface area contributed by atoms with Crippen LogP contribution in [-0.4, -0.2) is 36.0 Å². The van der Waals surface area contributed by atoms with Crippen LogP contribution in [0, 0.1) is 0 Å². The lowest BCUT2D eigenvalue weighted by Gasteiger charge is -2.03. The van der Waals surface area contributed by atoms with Crippen LogP contribution in [-0.2, 0) is 0 Å². The zero-order valence-electron chi connectivity index (χ0n) is 15.1. The molecule has 3 rings (SSSR count). The molecule has 1 aromatic heterocycles. The molecule has 0 spiro atoms. The molecule has 27 heavy (non-hydrogen) atoms. The predicted molar refractivity (Wildman–Crippen MR) is 103 cm³/mol. The van der Waals surface area contributed by atoms with Gasteiger partial charge in [-0.1, -0.05) is 24.3 Å². The van der Waals surface area contributed by atoms with Crippen molar-refractivity contribution >= 4 is 12.1 Å². The zero-order chi connectivity index (χ0) is 19.1. The Morgan fingerprint density at radius 1 is 1.22 bits per heavy atom.